The molecular weight excluding hydrogens is 406 g/mol. The SMILES string of the molecule is COc1cccc(/C=C2/SC(=S)NC2=O)c1OCCCOc1cc(C)ccc1C. The maximum absolute atomic E-state index is 12.0. The van der Waals surface area contributed by atoms with E-state index in [1.54, 1.807) is 13.2 Å². The second kappa shape index (κ2) is 9.80. The van der Waals surface area contributed by atoms with Gasteiger partial charge in [-0.3, -0.25) is 4.79 Å². The van der Waals surface area contributed by atoms with Crippen LogP contribution in [0.25, 0.3) is 6.08 Å². The average molecular weight is 430 g/mol. The summed E-state index contributed by atoms with van der Waals surface area (Å²) in [7, 11) is 1.59. The summed E-state index contributed by atoms with van der Waals surface area (Å²) in [6, 6.07) is 11.7. The van der Waals surface area contributed by atoms with Crippen molar-refractivity contribution in [2.75, 3.05) is 20.3 Å². The van der Waals surface area contributed by atoms with Crippen molar-refractivity contribution in [3.8, 4) is 17.2 Å². The van der Waals surface area contributed by atoms with Crippen LogP contribution in [0.1, 0.15) is 23.1 Å². The predicted octanol–water partition coefficient (Wildman–Crippen LogP) is 4.65. The third-order valence-electron chi connectivity index (χ3n) is 4.29. The van der Waals surface area contributed by atoms with E-state index in [0.29, 0.717) is 40.4 Å². The monoisotopic (exact) mass is 429 g/mol. The normalized spacial score (nSPS) is 14.8. The number of thiocarbonyl (C=S) groups is 1. The molecule has 1 aliphatic rings. The smallest absolute Gasteiger partial charge is 0.263 e. The molecule has 1 N–H and O–H groups in total. The van der Waals surface area contributed by atoms with Crippen LogP contribution in [0.2, 0.25) is 0 Å². The van der Waals surface area contributed by atoms with Crippen molar-refractivity contribution in [3.63, 3.8) is 0 Å². The first kappa shape index (κ1) is 21.2. The van der Waals surface area contributed by atoms with Crippen LogP contribution in [0.3, 0.4) is 0 Å². The lowest BCUT2D eigenvalue weighted by atomic mass is 10.1. The highest BCUT2D eigenvalue weighted by atomic mass is 32.2. The third kappa shape index (κ3) is 5.52. The number of methoxy groups -OCH3 is 1. The molecule has 2 aromatic carbocycles. The first-order valence-corrected chi connectivity index (χ1v) is 10.4. The molecule has 0 aliphatic carbocycles. The van der Waals surface area contributed by atoms with Gasteiger partial charge in [-0.2, -0.15) is 0 Å². The van der Waals surface area contributed by atoms with Crippen LogP contribution in [0, 0.1) is 13.8 Å². The molecule has 1 heterocycles. The molecular formula is C22H23NO4S2. The van der Waals surface area contributed by atoms with E-state index in [9.17, 15) is 4.79 Å². The molecule has 152 valence electrons. The Balaban J connectivity index is 1.64. The fourth-order valence-corrected chi connectivity index (χ4v) is 3.84. The Hall–Kier alpha value is -2.51. The number of rotatable bonds is 8. The van der Waals surface area contributed by atoms with Crippen LogP contribution in [-0.2, 0) is 4.79 Å². The zero-order valence-corrected chi connectivity index (χ0v) is 18.2. The first-order valence-electron chi connectivity index (χ1n) is 9.22. The highest BCUT2D eigenvalue weighted by molar-refractivity contribution is 8.26. The minimum atomic E-state index is -0.198. The Bertz CT molecular complexity index is 956. The van der Waals surface area contributed by atoms with Crippen LogP contribution in [0.5, 0.6) is 17.2 Å². The molecule has 0 bridgehead atoms. The van der Waals surface area contributed by atoms with Gasteiger partial charge in [-0.25, -0.2) is 0 Å². The lowest BCUT2D eigenvalue weighted by Crippen LogP contribution is -2.17. The number of thioether (sulfide) groups is 1. The largest absolute Gasteiger partial charge is 0.493 e. The van der Waals surface area contributed by atoms with Crippen LogP contribution in [0.4, 0.5) is 0 Å². The lowest BCUT2D eigenvalue weighted by Gasteiger charge is -2.14. The summed E-state index contributed by atoms with van der Waals surface area (Å²) in [4.78, 5) is 12.5. The summed E-state index contributed by atoms with van der Waals surface area (Å²) in [6.07, 6.45) is 2.48. The van der Waals surface area contributed by atoms with Crippen molar-refractivity contribution in [1.82, 2.24) is 5.32 Å². The number of aryl methyl sites for hydroxylation is 2. The zero-order chi connectivity index (χ0) is 20.8. The van der Waals surface area contributed by atoms with Gasteiger partial charge in [-0.15, -0.1) is 0 Å². The second-order valence-corrected chi connectivity index (χ2v) is 8.27. The summed E-state index contributed by atoms with van der Waals surface area (Å²) in [5, 5.41) is 2.62. The summed E-state index contributed by atoms with van der Waals surface area (Å²) in [5.74, 6) is 1.91. The molecule has 1 aliphatic heterocycles. The van der Waals surface area contributed by atoms with Gasteiger partial charge in [0, 0.05) is 12.0 Å². The molecule has 0 aromatic heterocycles. The van der Waals surface area contributed by atoms with E-state index < -0.39 is 0 Å². The molecule has 1 fully saturated rings. The number of amides is 1. The van der Waals surface area contributed by atoms with Crippen molar-refractivity contribution in [1.29, 1.82) is 0 Å². The molecule has 1 amide bonds. The van der Waals surface area contributed by atoms with Crippen LogP contribution < -0.4 is 19.5 Å². The molecule has 29 heavy (non-hydrogen) atoms. The second-order valence-electron chi connectivity index (χ2n) is 6.55. The van der Waals surface area contributed by atoms with Gasteiger partial charge in [0.05, 0.1) is 25.2 Å². The summed E-state index contributed by atoms with van der Waals surface area (Å²) in [5.41, 5.74) is 3.05. The van der Waals surface area contributed by atoms with E-state index in [-0.39, 0.29) is 5.91 Å². The van der Waals surface area contributed by atoms with Gasteiger partial charge >= 0.3 is 0 Å². The van der Waals surface area contributed by atoms with E-state index in [4.69, 9.17) is 26.4 Å². The van der Waals surface area contributed by atoms with E-state index in [1.807, 2.05) is 38.1 Å². The van der Waals surface area contributed by atoms with Gasteiger partial charge in [0.1, 0.15) is 10.1 Å². The van der Waals surface area contributed by atoms with Crippen LogP contribution in [-0.4, -0.2) is 30.6 Å². The molecule has 0 saturated carbocycles. The molecule has 3 rings (SSSR count). The Morgan fingerprint density at radius 3 is 2.62 bits per heavy atom. The third-order valence-corrected chi connectivity index (χ3v) is 5.46. The van der Waals surface area contributed by atoms with E-state index in [0.717, 1.165) is 16.9 Å². The predicted molar refractivity (Wildman–Crippen MR) is 121 cm³/mol. The van der Waals surface area contributed by atoms with Crippen molar-refractivity contribution >= 4 is 40.3 Å². The topological polar surface area (TPSA) is 56.8 Å². The molecule has 5 nitrogen and oxygen atoms in total. The van der Waals surface area contributed by atoms with Gasteiger partial charge < -0.3 is 19.5 Å². The average Bonchev–Trinajstić information content (AvgIpc) is 3.01. The fraction of sp³-hybridized carbons (Fsp3) is 0.273. The minimum absolute atomic E-state index is 0.198. The van der Waals surface area contributed by atoms with Crippen LogP contribution >= 0.6 is 24.0 Å². The molecule has 1 saturated heterocycles. The summed E-state index contributed by atoms with van der Waals surface area (Å²) in [6.45, 7) is 5.08. The molecule has 0 unspecified atom stereocenters. The quantitative estimate of drug-likeness (QED) is 0.375. The number of para-hydroxylation sites is 1. The first-order chi connectivity index (χ1) is 14.0. The van der Waals surface area contributed by atoms with E-state index in [1.165, 1.54) is 17.3 Å². The summed E-state index contributed by atoms with van der Waals surface area (Å²) >= 11 is 6.29. The Morgan fingerprint density at radius 1 is 1.10 bits per heavy atom. The van der Waals surface area contributed by atoms with E-state index in [2.05, 4.69) is 17.4 Å². The van der Waals surface area contributed by atoms with Crippen LogP contribution in [0.15, 0.2) is 41.3 Å². The number of carbonyl (C=O) groups excluding carboxylic acids is 1. The van der Waals surface area contributed by atoms with E-state index >= 15 is 0 Å². The van der Waals surface area contributed by atoms with Crippen molar-refractivity contribution in [3.05, 3.63) is 58.0 Å². The zero-order valence-electron chi connectivity index (χ0n) is 16.6. The number of nitrogens with one attached hydrogen (secondary N) is 1. The number of hydrogen-bond donors (Lipinski definition) is 1. The van der Waals surface area contributed by atoms with Gasteiger partial charge in [0.25, 0.3) is 5.91 Å². The standard InChI is InChI=1S/C22H23NO4S2/c1-14-8-9-15(2)18(12-14)26-10-5-11-27-20-16(6-4-7-17(20)25-3)13-19-21(24)23-22(28)29-19/h4,6-9,12-13H,5,10-11H2,1-3H3,(H,23,24,28)/b19-13+. The molecule has 0 atom stereocenters. The maximum Gasteiger partial charge on any atom is 0.263 e. The Morgan fingerprint density at radius 2 is 1.90 bits per heavy atom. The molecule has 0 radical (unpaired) electrons. The number of carbonyl (C=O) groups is 1. The molecule has 2 aromatic rings. The molecule has 7 heteroatoms. The van der Waals surface area contributed by atoms with Crippen molar-refractivity contribution in [2.45, 2.75) is 20.3 Å². The lowest BCUT2D eigenvalue weighted by molar-refractivity contribution is -0.115. The molecule has 0 spiro atoms. The Labute approximate surface area is 180 Å². The van der Waals surface area contributed by atoms with Gasteiger partial charge in [-0.1, -0.05) is 48.2 Å². The Kier molecular flexibility index (Phi) is 7.17. The highest BCUT2D eigenvalue weighted by Gasteiger charge is 2.23. The number of hydrogen-bond acceptors (Lipinski definition) is 6. The van der Waals surface area contributed by atoms with Gasteiger partial charge in [0.15, 0.2) is 11.5 Å². The van der Waals surface area contributed by atoms with Gasteiger partial charge in [-0.05, 0) is 43.2 Å². The number of benzene rings is 2. The van der Waals surface area contributed by atoms with Gasteiger partial charge in [0.2, 0.25) is 0 Å². The van der Waals surface area contributed by atoms with Crippen molar-refractivity contribution in [2.24, 2.45) is 0 Å². The fourth-order valence-electron chi connectivity index (χ4n) is 2.80. The minimum Gasteiger partial charge on any atom is -0.493 e. The summed E-state index contributed by atoms with van der Waals surface area (Å²) < 4.78 is 17.8. The number of ether oxygens (including phenoxy) is 3. The highest BCUT2D eigenvalue weighted by Crippen LogP contribution is 2.35. The maximum atomic E-state index is 12.0. The van der Waals surface area contributed by atoms with Crippen molar-refractivity contribution < 1.29 is 19.0 Å².